The number of carboxylic acids is 1. The minimum atomic E-state index is -0.687. The van der Waals surface area contributed by atoms with Crippen LogP contribution in [0.2, 0.25) is 0 Å². The van der Waals surface area contributed by atoms with Gasteiger partial charge in [0.05, 0.1) is 0 Å². The molecule has 2 aliphatic heterocycles. The van der Waals surface area contributed by atoms with Crippen LogP contribution in [0.4, 0.5) is 0 Å². The van der Waals surface area contributed by atoms with E-state index in [1.54, 1.807) is 0 Å². The van der Waals surface area contributed by atoms with E-state index in [-0.39, 0.29) is 6.42 Å². The highest BCUT2D eigenvalue weighted by atomic mass is 16.4. The second-order valence-electron chi connectivity index (χ2n) is 7.98. The van der Waals surface area contributed by atoms with Crippen LogP contribution in [0, 0.1) is 5.92 Å². The summed E-state index contributed by atoms with van der Waals surface area (Å²) >= 11 is 0. The van der Waals surface area contributed by atoms with Crippen molar-refractivity contribution in [2.24, 2.45) is 5.92 Å². The van der Waals surface area contributed by atoms with E-state index in [2.05, 4.69) is 38.6 Å². The van der Waals surface area contributed by atoms with E-state index in [9.17, 15) is 9.90 Å². The van der Waals surface area contributed by atoms with Crippen LogP contribution in [0.1, 0.15) is 37.6 Å². The number of aryl methyl sites for hydroxylation is 1. The maximum atomic E-state index is 11.2. The summed E-state index contributed by atoms with van der Waals surface area (Å²) in [6.07, 6.45) is 6.86. The first-order valence-corrected chi connectivity index (χ1v) is 10.2. The maximum Gasteiger partial charge on any atom is 0.303 e. The summed E-state index contributed by atoms with van der Waals surface area (Å²) in [7, 11) is 2.17. The van der Waals surface area contributed by atoms with Crippen LogP contribution in [0.3, 0.4) is 0 Å². The Morgan fingerprint density at radius 3 is 2.52 bits per heavy atom. The highest BCUT2D eigenvalue weighted by molar-refractivity contribution is 5.66. The number of aromatic nitrogens is 2. The topological polar surface area (TPSA) is 72.8 Å². The third kappa shape index (κ3) is 5.70. The zero-order chi connectivity index (χ0) is 19.2. The Labute approximate surface area is 162 Å². The number of rotatable bonds is 7. The molecular formula is C20H33N5O2. The average Bonchev–Trinajstić information content (AvgIpc) is 2.68. The maximum absolute atomic E-state index is 11.2. The molecule has 7 heteroatoms. The van der Waals surface area contributed by atoms with Crippen LogP contribution < -0.4 is 0 Å². The molecule has 3 rings (SSSR count). The predicted molar refractivity (Wildman–Crippen MR) is 105 cm³/mol. The molecule has 0 radical (unpaired) electrons. The molecule has 0 saturated carbocycles. The van der Waals surface area contributed by atoms with Gasteiger partial charge in [0.1, 0.15) is 5.82 Å². The summed E-state index contributed by atoms with van der Waals surface area (Å²) in [6, 6.07) is 0.507. The summed E-state index contributed by atoms with van der Waals surface area (Å²) in [5.74, 6) is 0.605. The van der Waals surface area contributed by atoms with Crippen molar-refractivity contribution in [1.82, 2.24) is 24.7 Å². The van der Waals surface area contributed by atoms with Crippen molar-refractivity contribution in [3.8, 4) is 0 Å². The number of hydrogen-bond donors (Lipinski definition) is 1. The fourth-order valence-corrected chi connectivity index (χ4v) is 4.37. The van der Waals surface area contributed by atoms with Crippen LogP contribution in [0.15, 0.2) is 12.4 Å². The number of nitrogens with zero attached hydrogens (tertiary/aromatic N) is 5. The predicted octanol–water partition coefficient (Wildman–Crippen LogP) is 1.34. The number of piperazine rings is 1. The third-order valence-electron chi connectivity index (χ3n) is 6.00. The Hall–Kier alpha value is -1.57. The summed E-state index contributed by atoms with van der Waals surface area (Å²) in [4.78, 5) is 27.4. The molecule has 0 aromatic carbocycles. The highest BCUT2D eigenvalue weighted by Gasteiger charge is 2.34. The van der Waals surface area contributed by atoms with Gasteiger partial charge < -0.3 is 10.0 Å². The van der Waals surface area contributed by atoms with Crippen LogP contribution in [-0.4, -0.2) is 88.1 Å². The van der Waals surface area contributed by atoms with Crippen molar-refractivity contribution in [2.75, 3.05) is 46.3 Å². The third-order valence-corrected chi connectivity index (χ3v) is 6.00. The van der Waals surface area contributed by atoms with Gasteiger partial charge in [0.2, 0.25) is 0 Å². The minimum Gasteiger partial charge on any atom is -0.481 e. The molecule has 3 heterocycles. The molecule has 7 nitrogen and oxygen atoms in total. The van der Waals surface area contributed by atoms with E-state index in [0.717, 1.165) is 76.5 Å². The molecule has 0 aliphatic carbocycles. The molecule has 0 spiro atoms. The second kappa shape index (κ2) is 9.57. The van der Waals surface area contributed by atoms with E-state index < -0.39 is 5.97 Å². The lowest BCUT2D eigenvalue weighted by atomic mass is 9.86. The van der Waals surface area contributed by atoms with Gasteiger partial charge in [-0.1, -0.05) is 6.92 Å². The van der Waals surface area contributed by atoms with Gasteiger partial charge in [-0.25, -0.2) is 9.97 Å². The van der Waals surface area contributed by atoms with Crippen LogP contribution in [0.5, 0.6) is 0 Å². The number of likely N-dealkylation sites (tertiary alicyclic amines) is 1. The standard InChI is InChI=1S/C20H33N5O2/c1-3-19-21-12-16(13-22-19)14-24-7-6-18(17(15-24)4-5-20(26)27)25-10-8-23(2)9-11-25/h12-13,17-18H,3-11,14-15H2,1-2H3,(H,26,27)/t17-,18+/m0/s1. The van der Waals surface area contributed by atoms with Crippen LogP contribution >= 0.6 is 0 Å². The van der Waals surface area contributed by atoms with Gasteiger partial charge in [-0.2, -0.15) is 0 Å². The largest absolute Gasteiger partial charge is 0.481 e. The molecule has 1 aromatic rings. The molecule has 2 fully saturated rings. The average molecular weight is 376 g/mol. The number of carbonyl (C=O) groups is 1. The molecule has 0 amide bonds. The van der Waals surface area contributed by atoms with E-state index in [4.69, 9.17) is 0 Å². The first-order chi connectivity index (χ1) is 13.0. The Morgan fingerprint density at radius 2 is 1.89 bits per heavy atom. The summed E-state index contributed by atoms with van der Waals surface area (Å²) < 4.78 is 0. The highest BCUT2D eigenvalue weighted by Crippen LogP contribution is 2.28. The zero-order valence-corrected chi connectivity index (χ0v) is 16.7. The zero-order valence-electron chi connectivity index (χ0n) is 16.7. The molecule has 2 saturated heterocycles. The summed E-state index contributed by atoms with van der Waals surface area (Å²) in [6.45, 7) is 9.32. The van der Waals surface area contributed by atoms with Crippen LogP contribution in [0.25, 0.3) is 0 Å². The van der Waals surface area contributed by atoms with Crippen molar-refractivity contribution in [1.29, 1.82) is 0 Å². The Bertz CT molecular complexity index is 601. The van der Waals surface area contributed by atoms with Gasteiger partial charge in [-0.3, -0.25) is 14.6 Å². The number of likely N-dealkylation sites (N-methyl/N-ethyl adjacent to an activating group) is 1. The molecule has 0 unspecified atom stereocenters. The molecule has 150 valence electrons. The van der Waals surface area contributed by atoms with Gasteiger partial charge in [-0.15, -0.1) is 0 Å². The number of aliphatic carboxylic acids is 1. The van der Waals surface area contributed by atoms with E-state index >= 15 is 0 Å². The smallest absolute Gasteiger partial charge is 0.303 e. The lowest BCUT2D eigenvalue weighted by Gasteiger charge is -2.46. The quantitative estimate of drug-likeness (QED) is 0.771. The van der Waals surface area contributed by atoms with Crippen molar-refractivity contribution in [3.63, 3.8) is 0 Å². The van der Waals surface area contributed by atoms with E-state index in [1.807, 2.05) is 12.4 Å². The van der Waals surface area contributed by atoms with Crippen molar-refractivity contribution < 1.29 is 9.90 Å². The molecule has 0 bridgehead atoms. The van der Waals surface area contributed by atoms with Crippen molar-refractivity contribution in [2.45, 2.75) is 45.2 Å². The minimum absolute atomic E-state index is 0.261. The molecule has 1 aromatic heterocycles. The van der Waals surface area contributed by atoms with Gasteiger partial charge in [0, 0.05) is 76.1 Å². The van der Waals surface area contributed by atoms with Gasteiger partial charge in [0.15, 0.2) is 0 Å². The molecule has 2 atom stereocenters. The van der Waals surface area contributed by atoms with Crippen LogP contribution in [-0.2, 0) is 17.8 Å². The molecule has 1 N–H and O–H groups in total. The fourth-order valence-electron chi connectivity index (χ4n) is 4.37. The monoisotopic (exact) mass is 375 g/mol. The first-order valence-electron chi connectivity index (χ1n) is 10.2. The molecule has 27 heavy (non-hydrogen) atoms. The van der Waals surface area contributed by atoms with Crippen molar-refractivity contribution >= 4 is 5.97 Å². The number of carboxylic acid groups (broad SMARTS) is 1. The second-order valence-corrected chi connectivity index (χ2v) is 7.98. The normalized spacial score (nSPS) is 25.6. The van der Waals surface area contributed by atoms with E-state index in [0.29, 0.717) is 12.0 Å². The van der Waals surface area contributed by atoms with Gasteiger partial charge in [-0.05, 0) is 32.4 Å². The van der Waals surface area contributed by atoms with Crippen molar-refractivity contribution in [3.05, 3.63) is 23.8 Å². The lowest BCUT2D eigenvalue weighted by Crippen LogP contribution is -2.56. The Kier molecular flexibility index (Phi) is 7.15. The Balaban J connectivity index is 1.61. The summed E-state index contributed by atoms with van der Waals surface area (Å²) in [5.41, 5.74) is 1.14. The molecular weight excluding hydrogens is 342 g/mol. The van der Waals surface area contributed by atoms with Gasteiger partial charge in [0.25, 0.3) is 0 Å². The first kappa shape index (κ1) is 20.2. The molecule has 2 aliphatic rings. The SMILES string of the molecule is CCc1ncc(CN2CC[C@@H](N3CCN(C)CC3)[C@@H](CCC(=O)O)C2)cn1. The van der Waals surface area contributed by atoms with Gasteiger partial charge >= 0.3 is 5.97 Å². The lowest BCUT2D eigenvalue weighted by molar-refractivity contribution is -0.137. The number of hydrogen-bond acceptors (Lipinski definition) is 6. The number of piperidine rings is 1. The van der Waals surface area contributed by atoms with E-state index in [1.165, 1.54) is 0 Å². The fraction of sp³-hybridized carbons (Fsp3) is 0.750. The summed E-state index contributed by atoms with van der Waals surface area (Å²) in [5, 5.41) is 9.18. The Morgan fingerprint density at radius 1 is 1.19 bits per heavy atom.